The van der Waals surface area contributed by atoms with Crippen LogP contribution in [0.25, 0.3) is 0 Å². The van der Waals surface area contributed by atoms with Crippen LogP contribution in [0.1, 0.15) is 49.2 Å². The van der Waals surface area contributed by atoms with Crippen molar-refractivity contribution in [1.82, 2.24) is 10.7 Å². The first-order chi connectivity index (χ1) is 15.3. The van der Waals surface area contributed by atoms with Gasteiger partial charge in [-0.25, -0.2) is 5.43 Å². The quantitative estimate of drug-likeness (QED) is 0.437. The van der Waals surface area contributed by atoms with Crippen LogP contribution in [0.3, 0.4) is 0 Å². The molecule has 2 rings (SSSR count). The fourth-order valence-electron chi connectivity index (χ4n) is 3.29. The summed E-state index contributed by atoms with van der Waals surface area (Å²) in [6.07, 6.45) is 1.54. The number of hydrogen-bond acceptors (Lipinski definition) is 5. The smallest absolute Gasteiger partial charge is 0.262 e. The van der Waals surface area contributed by atoms with Crippen molar-refractivity contribution < 1.29 is 14.3 Å². The molecule has 0 spiro atoms. The van der Waals surface area contributed by atoms with Crippen molar-refractivity contribution in [3.63, 3.8) is 0 Å². The molecule has 0 fully saturated rings. The molecule has 7 heteroatoms. The fourth-order valence-corrected chi connectivity index (χ4v) is 3.29. The summed E-state index contributed by atoms with van der Waals surface area (Å²) in [6, 6.07) is 12.4. The first-order valence-electron chi connectivity index (χ1n) is 10.9. The van der Waals surface area contributed by atoms with Gasteiger partial charge in [0.05, 0.1) is 13.3 Å². The molecule has 2 amide bonds. The van der Waals surface area contributed by atoms with Crippen molar-refractivity contribution in [2.75, 3.05) is 25.1 Å². The van der Waals surface area contributed by atoms with Crippen LogP contribution in [0.2, 0.25) is 0 Å². The van der Waals surface area contributed by atoms with Crippen molar-refractivity contribution >= 4 is 23.7 Å². The lowest BCUT2D eigenvalue weighted by atomic mass is 10.0. The zero-order chi connectivity index (χ0) is 23.7. The van der Waals surface area contributed by atoms with Crippen molar-refractivity contribution in [2.45, 2.75) is 40.7 Å². The second kappa shape index (κ2) is 11.9. The van der Waals surface area contributed by atoms with Gasteiger partial charge in [0.1, 0.15) is 11.8 Å². The third kappa shape index (κ3) is 6.57. The van der Waals surface area contributed by atoms with Gasteiger partial charge >= 0.3 is 0 Å². The molecule has 2 N–H and O–H groups in total. The van der Waals surface area contributed by atoms with Crippen LogP contribution in [-0.2, 0) is 4.79 Å². The van der Waals surface area contributed by atoms with Gasteiger partial charge in [0.15, 0.2) is 0 Å². The summed E-state index contributed by atoms with van der Waals surface area (Å²) in [5.41, 5.74) is 5.92. The molecule has 7 nitrogen and oxygen atoms in total. The Balaban J connectivity index is 2.07. The lowest BCUT2D eigenvalue weighted by Crippen LogP contribution is -2.48. The van der Waals surface area contributed by atoms with Gasteiger partial charge in [-0.1, -0.05) is 31.5 Å². The molecule has 0 aromatic heterocycles. The molecule has 0 radical (unpaired) electrons. The van der Waals surface area contributed by atoms with Crippen LogP contribution in [-0.4, -0.2) is 44.3 Å². The average Bonchev–Trinajstić information content (AvgIpc) is 2.78. The summed E-state index contributed by atoms with van der Waals surface area (Å²) in [7, 11) is 1.60. The van der Waals surface area contributed by atoms with Crippen molar-refractivity contribution in [2.24, 2.45) is 11.0 Å². The number of methoxy groups -OCH3 is 1. The number of nitrogens with one attached hydrogen (secondary N) is 2. The maximum absolute atomic E-state index is 12.7. The standard InChI is InChI=1S/C25H34N4O3/c1-7-29(8-2)21-14-13-20(22(15-21)32-6)16-26-28-25(31)23(17(3)4)27-24(30)19-11-9-18(5)10-12-19/h9-17,23H,7-8H2,1-6H3,(H,27,30)(H,28,31)/b26-16-. The van der Waals surface area contributed by atoms with E-state index in [0.29, 0.717) is 11.3 Å². The molecule has 172 valence electrons. The molecule has 1 atom stereocenters. The van der Waals surface area contributed by atoms with Gasteiger partial charge < -0.3 is 15.0 Å². The number of carbonyl (C=O) groups is 2. The van der Waals surface area contributed by atoms with Crippen LogP contribution >= 0.6 is 0 Å². The Morgan fingerprint density at radius 1 is 1.09 bits per heavy atom. The van der Waals surface area contributed by atoms with E-state index >= 15 is 0 Å². The first kappa shape index (κ1) is 24.9. The predicted molar refractivity (Wildman–Crippen MR) is 130 cm³/mol. The van der Waals surface area contributed by atoms with E-state index in [-0.39, 0.29) is 17.7 Å². The topological polar surface area (TPSA) is 83.0 Å². The van der Waals surface area contributed by atoms with Gasteiger partial charge in [0, 0.05) is 36.0 Å². The zero-order valence-corrected chi connectivity index (χ0v) is 19.8. The number of hydrogen-bond donors (Lipinski definition) is 2. The Kier molecular flexibility index (Phi) is 9.25. The highest BCUT2D eigenvalue weighted by Crippen LogP contribution is 2.24. The second-order valence-electron chi connectivity index (χ2n) is 7.89. The Hall–Kier alpha value is -3.35. The molecule has 0 bridgehead atoms. The summed E-state index contributed by atoms with van der Waals surface area (Å²) in [5, 5.41) is 6.89. The van der Waals surface area contributed by atoms with Crippen LogP contribution in [0.4, 0.5) is 5.69 Å². The van der Waals surface area contributed by atoms with Gasteiger partial charge in [0.2, 0.25) is 0 Å². The van der Waals surface area contributed by atoms with E-state index in [1.54, 1.807) is 25.5 Å². The lowest BCUT2D eigenvalue weighted by molar-refractivity contribution is -0.123. The number of hydrazone groups is 1. The van der Waals surface area contributed by atoms with E-state index in [0.717, 1.165) is 29.9 Å². The summed E-state index contributed by atoms with van der Waals surface area (Å²) in [6.45, 7) is 11.7. The van der Waals surface area contributed by atoms with Crippen molar-refractivity contribution in [3.05, 3.63) is 59.2 Å². The van der Waals surface area contributed by atoms with Crippen LogP contribution in [0, 0.1) is 12.8 Å². The number of rotatable bonds is 10. The monoisotopic (exact) mass is 438 g/mol. The third-order valence-corrected chi connectivity index (χ3v) is 5.27. The van der Waals surface area contributed by atoms with Gasteiger partial charge in [0.25, 0.3) is 11.8 Å². The Morgan fingerprint density at radius 2 is 1.75 bits per heavy atom. The molecule has 32 heavy (non-hydrogen) atoms. The van der Waals surface area contributed by atoms with E-state index in [4.69, 9.17) is 4.74 Å². The number of amides is 2. The summed E-state index contributed by atoms with van der Waals surface area (Å²) in [5.74, 6) is -0.116. The molecule has 1 unspecified atom stereocenters. The van der Waals surface area contributed by atoms with Crippen LogP contribution in [0.5, 0.6) is 5.75 Å². The number of aryl methyl sites for hydroxylation is 1. The minimum absolute atomic E-state index is 0.109. The fraction of sp³-hybridized carbons (Fsp3) is 0.400. The van der Waals surface area contributed by atoms with E-state index in [1.807, 2.05) is 51.1 Å². The van der Waals surface area contributed by atoms with Gasteiger partial charge in [-0.3, -0.25) is 9.59 Å². The number of ether oxygens (including phenoxy) is 1. The average molecular weight is 439 g/mol. The minimum atomic E-state index is -0.715. The number of nitrogens with zero attached hydrogens (tertiary/aromatic N) is 2. The SMILES string of the molecule is CCN(CC)c1ccc(/C=N\NC(=O)C(NC(=O)c2ccc(C)cc2)C(C)C)c(OC)c1. The number of carbonyl (C=O) groups excluding carboxylic acids is 2. The Morgan fingerprint density at radius 3 is 2.31 bits per heavy atom. The first-order valence-corrected chi connectivity index (χ1v) is 10.9. The predicted octanol–water partition coefficient (Wildman–Crippen LogP) is 3.75. The van der Waals surface area contributed by atoms with Crippen molar-refractivity contribution in [1.29, 1.82) is 0 Å². The summed E-state index contributed by atoms with van der Waals surface area (Å²) in [4.78, 5) is 27.5. The maximum atomic E-state index is 12.7. The molecule has 0 saturated carbocycles. The van der Waals surface area contributed by atoms with Crippen molar-refractivity contribution in [3.8, 4) is 5.75 Å². The van der Waals surface area contributed by atoms with E-state index in [1.165, 1.54) is 0 Å². The molecular formula is C25H34N4O3. The highest BCUT2D eigenvalue weighted by molar-refractivity contribution is 5.97. The second-order valence-corrected chi connectivity index (χ2v) is 7.89. The molecular weight excluding hydrogens is 404 g/mol. The van der Waals surface area contributed by atoms with Crippen LogP contribution < -0.4 is 20.4 Å². The largest absolute Gasteiger partial charge is 0.496 e. The molecule has 0 aliphatic carbocycles. The zero-order valence-electron chi connectivity index (χ0n) is 19.8. The van der Waals surface area contributed by atoms with Crippen LogP contribution in [0.15, 0.2) is 47.6 Å². The third-order valence-electron chi connectivity index (χ3n) is 5.27. The van der Waals surface area contributed by atoms with Gasteiger partial charge in [-0.2, -0.15) is 5.10 Å². The summed E-state index contributed by atoms with van der Waals surface area (Å²) >= 11 is 0. The molecule has 0 aliphatic heterocycles. The molecule has 2 aromatic carbocycles. The maximum Gasteiger partial charge on any atom is 0.262 e. The Bertz CT molecular complexity index is 935. The lowest BCUT2D eigenvalue weighted by Gasteiger charge is -2.22. The minimum Gasteiger partial charge on any atom is -0.496 e. The van der Waals surface area contributed by atoms with E-state index in [9.17, 15) is 9.59 Å². The van der Waals surface area contributed by atoms with Gasteiger partial charge in [-0.15, -0.1) is 0 Å². The Labute approximate surface area is 190 Å². The molecule has 0 aliphatic rings. The molecule has 0 saturated heterocycles. The highest BCUT2D eigenvalue weighted by Gasteiger charge is 2.24. The molecule has 0 heterocycles. The van der Waals surface area contributed by atoms with Gasteiger partial charge in [-0.05, 0) is 51.0 Å². The highest BCUT2D eigenvalue weighted by atomic mass is 16.5. The number of benzene rings is 2. The van der Waals surface area contributed by atoms with E-state index < -0.39 is 6.04 Å². The molecule has 2 aromatic rings. The van der Waals surface area contributed by atoms with E-state index in [2.05, 4.69) is 34.6 Å². The normalized spacial score (nSPS) is 12.0. The number of anilines is 1. The summed E-state index contributed by atoms with van der Waals surface area (Å²) < 4.78 is 5.49.